The van der Waals surface area contributed by atoms with Crippen molar-refractivity contribution in [3.05, 3.63) is 58.9 Å². The van der Waals surface area contributed by atoms with Crippen molar-refractivity contribution in [1.29, 1.82) is 10.5 Å². The van der Waals surface area contributed by atoms with Crippen LogP contribution in [-0.2, 0) is 0 Å². The molecule has 2 aromatic carbocycles. The molecule has 0 aliphatic carbocycles. The third kappa shape index (κ3) is 4.87. The van der Waals surface area contributed by atoms with E-state index in [1.54, 1.807) is 36.4 Å². The van der Waals surface area contributed by atoms with Crippen molar-refractivity contribution >= 4 is 12.4 Å². The van der Waals surface area contributed by atoms with Gasteiger partial charge in [-0.25, -0.2) is 9.98 Å². The van der Waals surface area contributed by atoms with Crippen LogP contribution in [0.3, 0.4) is 0 Å². The number of aliphatic imine (C=N–C) groups is 2. The molecule has 2 N–H and O–H groups in total. The lowest BCUT2D eigenvalue weighted by molar-refractivity contribution is 0.407. The van der Waals surface area contributed by atoms with E-state index in [9.17, 15) is 20.7 Å². The largest absolute Gasteiger partial charge is 0.507 e. The molecule has 0 spiro atoms. The first-order valence-corrected chi connectivity index (χ1v) is 7.89. The summed E-state index contributed by atoms with van der Waals surface area (Å²) in [6.07, 6.45) is 2.48. The number of benzene rings is 2. The monoisotopic (exact) mass is 376 g/mol. The van der Waals surface area contributed by atoms with Crippen LogP contribution in [0.5, 0.6) is 23.0 Å². The number of phenols is 2. The highest BCUT2D eigenvalue weighted by Crippen LogP contribution is 2.23. The van der Waals surface area contributed by atoms with Gasteiger partial charge in [-0.15, -0.1) is 0 Å². The Kier molecular flexibility index (Phi) is 6.73. The number of phenolic OH excluding ortho intramolecular Hbond substituents is 2. The number of allylic oxidation sites excluding steroid dienone is 2. The molecule has 0 aliphatic rings. The molecule has 0 amide bonds. The number of hydrogen-bond donors (Lipinski definition) is 2. The molecule has 2 rings (SSSR count). The van der Waals surface area contributed by atoms with Gasteiger partial charge in [-0.1, -0.05) is 0 Å². The first-order valence-electron chi connectivity index (χ1n) is 7.89. The summed E-state index contributed by atoms with van der Waals surface area (Å²) in [6.45, 7) is 0. The van der Waals surface area contributed by atoms with Gasteiger partial charge >= 0.3 is 0 Å². The van der Waals surface area contributed by atoms with Gasteiger partial charge in [-0.3, -0.25) is 0 Å². The molecule has 0 aliphatic heterocycles. The molecule has 0 aromatic heterocycles. The lowest BCUT2D eigenvalue weighted by atomic mass is 10.2. The van der Waals surface area contributed by atoms with Gasteiger partial charge < -0.3 is 19.7 Å². The topological polar surface area (TPSA) is 131 Å². The van der Waals surface area contributed by atoms with E-state index < -0.39 is 0 Å². The van der Waals surface area contributed by atoms with Gasteiger partial charge in [0.05, 0.1) is 14.2 Å². The lowest BCUT2D eigenvalue weighted by Crippen LogP contribution is -1.90. The summed E-state index contributed by atoms with van der Waals surface area (Å²) in [4.78, 5) is 7.87. The highest BCUT2D eigenvalue weighted by Gasteiger charge is 2.06. The molecule has 0 saturated carbocycles. The molecule has 0 heterocycles. The Morgan fingerprint density at radius 3 is 1.50 bits per heavy atom. The Bertz CT molecular complexity index is 960. The van der Waals surface area contributed by atoms with Crippen molar-refractivity contribution in [3.8, 4) is 35.1 Å². The summed E-state index contributed by atoms with van der Waals surface area (Å²) in [6, 6.07) is 12.7. The van der Waals surface area contributed by atoms with Crippen LogP contribution in [0.15, 0.2) is 57.8 Å². The summed E-state index contributed by atoms with van der Waals surface area (Å²) in [7, 11) is 2.94. The predicted octanol–water partition coefficient (Wildman–Crippen LogP) is 2.91. The quantitative estimate of drug-likeness (QED) is 0.588. The molecule has 8 nitrogen and oxygen atoms in total. The van der Waals surface area contributed by atoms with E-state index in [0.717, 1.165) is 0 Å². The van der Waals surface area contributed by atoms with Crippen molar-refractivity contribution < 1.29 is 19.7 Å². The molecular formula is C20H16N4O4. The van der Waals surface area contributed by atoms with Crippen LogP contribution in [0.1, 0.15) is 11.1 Å². The smallest absolute Gasteiger partial charge is 0.176 e. The van der Waals surface area contributed by atoms with Crippen LogP contribution in [0.2, 0.25) is 0 Å². The minimum absolute atomic E-state index is 0.0921. The second-order valence-electron chi connectivity index (χ2n) is 5.29. The number of nitrogens with zero attached hydrogens (tertiary/aromatic N) is 4. The van der Waals surface area contributed by atoms with Gasteiger partial charge in [-0.2, -0.15) is 10.5 Å². The molecule has 0 radical (unpaired) electrons. The Balaban J connectivity index is 2.32. The van der Waals surface area contributed by atoms with E-state index in [2.05, 4.69) is 9.98 Å². The second kappa shape index (κ2) is 9.41. The number of nitriles is 2. The highest BCUT2D eigenvalue weighted by atomic mass is 16.5. The average Bonchev–Trinajstić information content (AvgIpc) is 2.71. The fraction of sp³-hybridized carbons (Fsp3) is 0.100. The van der Waals surface area contributed by atoms with Gasteiger partial charge in [0.2, 0.25) is 0 Å². The van der Waals surface area contributed by atoms with Crippen molar-refractivity contribution in [2.24, 2.45) is 9.98 Å². The first-order chi connectivity index (χ1) is 13.5. The van der Waals surface area contributed by atoms with E-state index in [1.807, 2.05) is 0 Å². The third-order valence-electron chi connectivity index (χ3n) is 3.58. The fourth-order valence-electron chi connectivity index (χ4n) is 2.07. The SMILES string of the molecule is COc1ccc(C=N/C(C#N)=C(/C#N)N=Cc2ccc(OC)cc2O)c(O)c1. The Labute approximate surface area is 161 Å². The first kappa shape index (κ1) is 20.0. The minimum Gasteiger partial charge on any atom is -0.507 e. The predicted molar refractivity (Wildman–Crippen MR) is 103 cm³/mol. The molecule has 8 heteroatoms. The van der Waals surface area contributed by atoms with Crippen molar-refractivity contribution in [2.45, 2.75) is 0 Å². The van der Waals surface area contributed by atoms with Gasteiger partial charge in [0.25, 0.3) is 0 Å². The van der Waals surface area contributed by atoms with Gasteiger partial charge in [0.1, 0.15) is 35.1 Å². The van der Waals surface area contributed by atoms with E-state index in [4.69, 9.17) is 9.47 Å². The molecule has 0 atom stereocenters. The van der Waals surface area contributed by atoms with Crippen molar-refractivity contribution in [1.82, 2.24) is 0 Å². The van der Waals surface area contributed by atoms with E-state index >= 15 is 0 Å². The minimum atomic E-state index is -0.248. The molecule has 0 fully saturated rings. The van der Waals surface area contributed by atoms with Gasteiger partial charge in [0, 0.05) is 35.7 Å². The number of aromatic hydroxyl groups is 2. The molecule has 28 heavy (non-hydrogen) atoms. The maximum absolute atomic E-state index is 9.93. The van der Waals surface area contributed by atoms with Gasteiger partial charge in [0.15, 0.2) is 11.4 Å². The zero-order valence-electron chi connectivity index (χ0n) is 15.1. The van der Waals surface area contributed by atoms with Crippen LogP contribution in [0.25, 0.3) is 0 Å². The van der Waals surface area contributed by atoms with E-state index in [1.165, 1.54) is 38.8 Å². The Morgan fingerprint density at radius 1 is 0.821 bits per heavy atom. The van der Waals surface area contributed by atoms with Crippen LogP contribution in [0.4, 0.5) is 0 Å². The summed E-state index contributed by atoms with van der Waals surface area (Å²) >= 11 is 0. The zero-order valence-corrected chi connectivity index (χ0v) is 15.1. The van der Waals surface area contributed by atoms with E-state index in [-0.39, 0.29) is 22.9 Å². The van der Waals surface area contributed by atoms with Crippen LogP contribution in [0, 0.1) is 22.7 Å². The van der Waals surface area contributed by atoms with Crippen LogP contribution in [-0.4, -0.2) is 36.9 Å². The summed E-state index contributed by atoms with van der Waals surface area (Å²) in [5.74, 6) is 0.746. The number of rotatable bonds is 6. The number of ether oxygens (including phenoxy) is 2. The Morgan fingerprint density at radius 2 is 1.21 bits per heavy atom. The maximum atomic E-state index is 9.93. The summed E-state index contributed by atoms with van der Waals surface area (Å²) in [5.41, 5.74) is 0.175. The highest BCUT2D eigenvalue weighted by molar-refractivity contribution is 5.86. The third-order valence-corrected chi connectivity index (χ3v) is 3.58. The Hall–Kier alpha value is -4.30. The molecule has 0 bridgehead atoms. The molecule has 140 valence electrons. The van der Waals surface area contributed by atoms with Gasteiger partial charge in [-0.05, 0) is 24.3 Å². The normalized spacial score (nSPS) is 11.7. The van der Waals surface area contributed by atoms with Crippen molar-refractivity contribution in [3.63, 3.8) is 0 Å². The molecular weight excluding hydrogens is 360 g/mol. The average molecular weight is 376 g/mol. The molecule has 0 saturated heterocycles. The summed E-state index contributed by atoms with van der Waals surface area (Å²) in [5, 5.41) is 38.4. The molecule has 2 aromatic rings. The lowest BCUT2D eigenvalue weighted by Gasteiger charge is -2.03. The number of hydrogen-bond acceptors (Lipinski definition) is 8. The van der Waals surface area contributed by atoms with Crippen molar-refractivity contribution in [2.75, 3.05) is 14.2 Å². The zero-order chi connectivity index (χ0) is 20.5. The fourth-order valence-corrected chi connectivity index (χ4v) is 2.07. The maximum Gasteiger partial charge on any atom is 0.176 e. The van der Waals surface area contributed by atoms with Crippen LogP contribution >= 0.6 is 0 Å². The second-order valence-corrected chi connectivity index (χ2v) is 5.29. The number of methoxy groups -OCH3 is 2. The standard InChI is InChI=1S/C20H16N4O4/c1-27-15-5-3-13(19(25)7-15)11-23-17(9-21)18(10-22)24-12-14-4-6-16(28-2)8-20(14)26/h3-8,11-12,25-26H,1-2H3/b18-17-,23-11?,24-12?. The van der Waals surface area contributed by atoms with Crippen LogP contribution < -0.4 is 9.47 Å². The van der Waals surface area contributed by atoms with E-state index in [0.29, 0.717) is 22.6 Å². The molecule has 0 unspecified atom stereocenters. The summed E-state index contributed by atoms with van der Waals surface area (Å²) < 4.78 is 9.99.